The summed E-state index contributed by atoms with van der Waals surface area (Å²) in [5, 5.41) is 15.3. The van der Waals surface area contributed by atoms with Crippen LogP contribution < -0.4 is 5.32 Å². The average Bonchev–Trinajstić information content (AvgIpc) is 2.83. The Morgan fingerprint density at radius 2 is 2.20 bits per heavy atom. The van der Waals surface area contributed by atoms with Crippen molar-refractivity contribution >= 4 is 17.0 Å². The Labute approximate surface area is 121 Å². The number of nitro groups is 1. The maximum Gasteiger partial charge on any atom is 0.272 e. The quantitative estimate of drug-likeness (QED) is 0.676. The van der Waals surface area contributed by atoms with E-state index in [0.29, 0.717) is 12.1 Å². The van der Waals surface area contributed by atoms with Gasteiger partial charge in [0.2, 0.25) is 0 Å². The van der Waals surface area contributed by atoms with Crippen LogP contribution >= 0.6 is 11.3 Å². The molecule has 1 atom stereocenters. The van der Waals surface area contributed by atoms with Crippen LogP contribution in [0.3, 0.4) is 0 Å². The summed E-state index contributed by atoms with van der Waals surface area (Å²) in [6.45, 7) is 6.45. The molecule has 1 unspecified atom stereocenters. The molecule has 0 aliphatic rings. The van der Waals surface area contributed by atoms with E-state index >= 15 is 0 Å². The number of nitrogens with zero attached hydrogens (tertiary/aromatic N) is 2. The molecule has 0 amide bonds. The summed E-state index contributed by atoms with van der Waals surface area (Å²) in [7, 11) is 0. The number of rotatable bonds is 5. The lowest BCUT2D eigenvalue weighted by Gasteiger charge is -2.12. The summed E-state index contributed by atoms with van der Waals surface area (Å²) in [5.41, 5.74) is 1.83. The molecule has 0 radical (unpaired) electrons. The van der Waals surface area contributed by atoms with Gasteiger partial charge in [-0.25, -0.2) is 4.98 Å². The molecule has 0 fully saturated rings. The van der Waals surface area contributed by atoms with Crippen LogP contribution in [0.15, 0.2) is 24.4 Å². The van der Waals surface area contributed by atoms with E-state index in [1.807, 2.05) is 26.1 Å². The minimum Gasteiger partial charge on any atom is -0.304 e. The summed E-state index contributed by atoms with van der Waals surface area (Å²) in [6, 6.07) is 5.30. The van der Waals surface area contributed by atoms with Gasteiger partial charge in [-0.15, -0.1) is 11.3 Å². The molecule has 106 valence electrons. The number of aryl methyl sites for hydroxylation is 1. The van der Waals surface area contributed by atoms with Gasteiger partial charge in [-0.3, -0.25) is 10.1 Å². The van der Waals surface area contributed by atoms with Crippen LogP contribution in [0.5, 0.6) is 0 Å². The van der Waals surface area contributed by atoms with Crippen LogP contribution in [0.4, 0.5) is 5.69 Å². The molecule has 0 saturated carbocycles. The average molecular weight is 291 g/mol. The predicted molar refractivity (Wildman–Crippen MR) is 79.9 cm³/mol. The molecular formula is C14H17N3O2S. The molecule has 0 aliphatic carbocycles. The normalized spacial score (nSPS) is 12.3. The second-order valence-corrected chi connectivity index (χ2v) is 6.00. The van der Waals surface area contributed by atoms with Gasteiger partial charge in [0, 0.05) is 29.2 Å². The highest BCUT2D eigenvalue weighted by molar-refractivity contribution is 7.11. The second kappa shape index (κ2) is 6.11. The van der Waals surface area contributed by atoms with Gasteiger partial charge in [-0.1, -0.05) is 12.1 Å². The van der Waals surface area contributed by atoms with Gasteiger partial charge in [0.25, 0.3) is 5.69 Å². The van der Waals surface area contributed by atoms with Gasteiger partial charge in [0.05, 0.1) is 11.0 Å². The predicted octanol–water partition coefficient (Wildman–Crippen LogP) is 3.52. The molecule has 1 N–H and O–H groups in total. The number of hydrogen-bond donors (Lipinski definition) is 1. The van der Waals surface area contributed by atoms with Crippen molar-refractivity contribution in [2.24, 2.45) is 0 Å². The summed E-state index contributed by atoms with van der Waals surface area (Å²) in [5.74, 6) is 0. The van der Waals surface area contributed by atoms with E-state index in [9.17, 15) is 10.1 Å². The lowest BCUT2D eigenvalue weighted by atomic mass is 10.1. The lowest BCUT2D eigenvalue weighted by molar-refractivity contribution is -0.385. The zero-order valence-corrected chi connectivity index (χ0v) is 12.5. The molecule has 1 aromatic carbocycles. The van der Waals surface area contributed by atoms with E-state index in [0.717, 1.165) is 10.6 Å². The molecule has 1 heterocycles. The van der Waals surface area contributed by atoms with Crippen molar-refractivity contribution < 1.29 is 4.92 Å². The zero-order valence-electron chi connectivity index (χ0n) is 11.7. The van der Waals surface area contributed by atoms with Crippen molar-refractivity contribution in [2.45, 2.75) is 33.4 Å². The second-order valence-electron chi connectivity index (χ2n) is 4.73. The third-order valence-corrected chi connectivity index (χ3v) is 4.32. The van der Waals surface area contributed by atoms with Gasteiger partial charge in [0.15, 0.2) is 0 Å². The first kappa shape index (κ1) is 14.6. The summed E-state index contributed by atoms with van der Waals surface area (Å²) >= 11 is 1.66. The van der Waals surface area contributed by atoms with Gasteiger partial charge in [-0.2, -0.15) is 0 Å². The number of nitrogens with one attached hydrogen (secondary N) is 1. The molecule has 0 aliphatic heterocycles. The standard InChI is InChI=1S/C14H17N3O2S/c1-9-7-16-14(20-9)11(3)15-8-12-5-4-6-13(10(12)2)17(18)19/h4-7,11,15H,8H2,1-3H3. The van der Waals surface area contributed by atoms with E-state index < -0.39 is 0 Å². The van der Waals surface area contributed by atoms with Gasteiger partial charge in [-0.05, 0) is 26.3 Å². The minimum atomic E-state index is -0.341. The molecule has 0 saturated heterocycles. The molecule has 5 nitrogen and oxygen atoms in total. The van der Waals surface area contributed by atoms with Gasteiger partial charge in [0.1, 0.15) is 5.01 Å². The maximum atomic E-state index is 10.9. The summed E-state index contributed by atoms with van der Waals surface area (Å²) in [6.07, 6.45) is 1.86. The smallest absolute Gasteiger partial charge is 0.272 e. The highest BCUT2D eigenvalue weighted by Gasteiger charge is 2.14. The largest absolute Gasteiger partial charge is 0.304 e. The van der Waals surface area contributed by atoms with Crippen molar-refractivity contribution in [1.82, 2.24) is 10.3 Å². The Kier molecular flexibility index (Phi) is 4.46. The Morgan fingerprint density at radius 3 is 2.80 bits per heavy atom. The summed E-state index contributed by atoms with van der Waals surface area (Å²) < 4.78 is 0. The first-order valence-electron chi connectivity index (χ1n) is 6.37. The fourth-order valence-corrected chi connectivity index (χ4v) is 2.78. The van der Waals surface area contributed by atoms with Crippen LogP contribution in [-0.2, 0) is 6.54 Å². The third kappa shape index (κ3) is 3.20. The molecule has 2 aromatic rings. The van der Waals surface area contributed by atoms with Crippen LogP contribution in [-0.4, -0.2) is 9.91 Å². The van der Waals surface area contributed by atoms with Crippen LogP contribution in [0.2, 0.25) is 0 Å². The van der Waals surface area contributed by atoms with Crippen molar-refractivity contribution in [2.75, 3.05) is 0 Å². The number of thiazole rings is 1. The maximum absolute atomic E-state index is 10.9. The van der Waals surface area contributed by atoms with E-state index in [-0.39, 0.29) is 16.7 Å². The highest BCUT2D eigenvalue weighted by Crippen LogP contribution is 2.23. The number of aromatic nitrogens is 1. The molecule has 20 heavy (non-hydrogen) atoms. The zero-order chi connectivity index (χ0) is 14.7. The van der Waals surface area contributed by atoms with Crippen LogP contribution in [0, 0.1) is 24.0 Å². The molecule has 0 spiro atoms. The SMILES string of the molecule is Cc1cnc(C(C)NCc2cccc([N+](=O)[O-])c2C)s1. The van der Waals surface area contributed by atoms with E-state index in [4.69, 9.17) is 0 Å². The third-order valence-electron chi connectivity index (χ3n) is 3.22. The van der Waals surface area contributed by atoms with Crippen LogP contribution in [0.1, 0.15) is 34.0 Å². The summed E-state index contributed by atoms with van der Waals surface area (Å²) in [4.78, 5) is 16.1. The first-order valence-corrected chi connectivity index (χ1v) is 7.19. The van der Waals surface area contributed by atoms with E-state index in [1.54, 1.807) is 24.3 Å². The molecule has 6 heteroatoms. The Morgan fingerprint density at radius 1 is 1.45 bits per heavy atom. The highest BCUT2D eigenvalue weighted by atomic mass is 32.1. The van der Waals surface area contributed by atoms with Crippen molar-refractivity contribution in [1.29, 1.82) is 0 Å². The minimum absolute atomic E-state index is 0.132. The fraction of sp³-hybridized carbons (Fsp3) is 0.357. The van der Waals surface area contributed by atoms with Crippen molar-refractivity contribution in [3.8, 4) is 0 Å². The fourth-order valence-electron chi connectivity index (χ4n) is 1.98. The topological polar surface area (TPSA) is 68.1 Å². The van der Waals surface area contributed by atoms with Crippen molar-refractivity contribution in [3.63, 3.8) is 0 Å². The van der Waals surface area contributed by atoms with E-state index in [1.165, 1.54) is 10.9 Å². The molecule has 1 aromatic heterocycles. The molecular weight excluding hydrogens is 274 g/mol. The Balaban J connectivity index is 2.08. The molecule has 0 bridgehead atoms. The Hall–Kier alpha value is -1.79. The van der Waals surface area contributed by atoms with Crippen LogP contribution in [0.25, 0.3) is 0 Å². The van der Waals surface area contributed by atoms with Gasteiger partial charge >= 0.3 is 0 Å². The number of benzene rings is 1. The Bertz CT molecular complexity index is 625. The lowest BCUT2D eigenvalue weighted by Crippen LogP contribution is -2.18. The monoisotopic (exact) mass is 291 g/mol. The van der Waals surface area contributed by atoms with Gasteiger partial charge < -0.3 is 5.32 Å². The number of hydrogen-bond acceptors (Lipinski definition) is 5. The molecule has 2 rings (SSSR count). The number of nitro benzene ring substituents is 1. The van der Waals surface area contributed by atoms with E-state index in [2.05, 4.69) is 10.3 Å². The van der Waals surface area contributed by atoms with Crippen molar-refractivity contribution in [3.05, 3.63) is 55.5 Å². The first-order chi connectivity index (χ1) is 9.49.